The van der Waals surface area contributed by atoms with E-state index in [9.17, 15) is 4.79 Å². The van der Waals surface area contributed by atoms with Crippen LogP contribution in [0.2, 0.25) is 0 Å². The van der Waals surface area contributed by atoms with Gasteiger partial charge in [0.1, 0.15) is 0 Å². The number of rotatable bonds is 7. The first-order valence-corrected chi connectivity index (χ1v) is 9.02. The Morgan fingerprint density at radius 3 is 2.59 bits per heavy atom. The summed E-state index contributed by atoms with van der Waals surface area (Å²) in [6.07, 6.45) is 2.08. The predicted octanol–water partition coefficient (Wildman–Crippen LogP) is 3.11. The van der Waals surface area contributed by atoms with Crippen LogP contribution in [0.1, 0.15) is 25.8 Å². The van der Waals surface area contributed by atoms with E-state index in [0.29, 0.717) is 17.0 Å². The van der Waals surface area contributed by atoms with Crippen LogP contribution in [0.15, 0.2) is 30.3 Å². The minimum absolute atomic E-state index is 0.120. The fourth-order valence-corrected chi connectivity index (χ4v) is 4.39. The SMILES string of the molecule is CN(C)CC(C)(C)CN1C(=O)CSC1CCc1ccccc1. The van der Waals surface area contributed by atoms with Crippen molar-refractivity contribution in [3.63, 3.8) is 0 Å². The van der Waals surface area contributed by atoms with Gasteiger partial charge in [-0.25, -0.2) is 0 Å². The van der Waals surface area contributed by atoms with Crippen LogP contribution in [0, 0.1) is 5.41 Å². The van der Waals surface area contributed by atoms with Crippen molar-refractivity contribution in [3.8, 4) is 0 Å². The second-order valence-electron chi connectivity index (χ2n) is 7.21. The van der Waals surface area contributed by atoms with Crippen LogP contribution < -0.4 is 0 Å². The van der Waals surface area contributed by atoms with E-state index in [1.54, 1.807) is 11.8 Å². The largest absolute Gasteiger partial charge is 0.329 e. The Morgan fingerprint density at radius 1 is 1.27 bits per heavy atom. The third kappa shape index (κ3) is 5.03. The molecule has 1 heterocycles. The lowest BCUT2D eigenvalue weighted by Crippen LogP contribution is -2.44. The van der Waals surface area contributed by atoms with Crippen LogP contribution in [0.5, 0.6) is 0 Å². The highest BCUT2D eigenvalue weighted by molar-refractivity contribution is 8.00. The summed E-state index contributed by atoms with van der Waals surface area (Å²) in [6, 6.07) is 10.6. The van der Waals surface area contributed by atoms with E-state index < -0.39 is 0 Å². The minimum atomic E-state index is 0.120. The molecule has 1 saturated heterocycles. The van der Waals surface area contributed by atoms with Crippen LogP contribution in [0.25, 0.3) is 0 Å². The van der Waals surface area contributed by atoms with Gasteiger partial charge in [-0.2, -0.15) is 0 Å². The van der Waals surface area contributed by atoms with Gasteiger partial charge in [0.25, 0.3) is 0 Å². The number of carbonyl (C=O) groups excluding carboxylic acids is 1. The first-order valence-electron chi connectivity index (χ1n) is 7.97. The number of nitrogens with zero attached hydrogens (tertiary/aromatic N) is 2. The number of benzene rings is 1. The average Bonchev–Trinajstić information content (AvgIpc) is 2.77. The van der Waals surface area contributed by atoms with Gasteiger partial charge in [0.2, 0.25) is 5.91 Å². The number of hydrogen-bond acceptors (Lipinski definition) is 3. The second kappa shape index (κ2) is 7.51. The highest BCUT2D eigenvalue weighted by Crippen LogP contribution is 2.32. The second-order valence-corrected chi connectivity index (χ2v) is 8.38. The molecule has 1 unspecified atom stereocenters. The van der Waals surface area contributed by atoms with Crippen LogP contribution in [0.3, 0.4) is 0 Å². The van der Waals surface area contributed by atoms with Crippen molar-refractivity contribution in [2.24, 2.45) is 5.41 Å². The Balaban J connectivity index is 1.94. The summed E-state index contributed by atoms with van der Waals surface area (Å²) in [6.45, 7) is 6.33. The fourth-order valence-electron chi connectivity index (χ4n) is 3.23. The Labute approximate surface area is 139 Å². The molecule has 22 heavy (non-hydrogen) atoms. The van der Waals surface area contributed by atoms with Gasteiger partial charge in [0, 0.05) is 13.1 Å². The molecule has 1 amide bonds. The molecule has 0 N–H and O–H groups in total. The monoisotopic (exact) mass is 320 g/mol. The van der Waals surface area contributed by atoms with Crippen molar-refractivity contribution in [2.45, 2.75) is 32.1 Å². The van der Waals surface area contributed by atoms with E-state index >= 15 is 0 Å². The van der Waals surface area contributed by atoms with Gasteiger partial charge < -0.3 is 9.80 Å². The van der Waals surface area contributed by atoms with Gasteiger partial charge >= 0.3 is 0 Å². The lowest BCUT2D eigenvalue weighted by Gasteiger charge is -2.35. The van der Waals surface area contributed by atoms with E-state index in [1.807, 2.05) is 6.07 Å². The standard InChI is InChI=1S/C18H28N2OS/c1-18(2,13-19(3)4)14-20-16(21)12-22-17(20)11-10-15-8-6-5-7-9-15/h5-9,17H,10-14H2,1-4H3. The molecule has 0 bridgehead atoms. The van der Waals surface area contributed by atoms with Crippen LogP contribution >= 0.6 is 11.8 Å². The van der Waals surface area contributed by atoms with E-state index in [0.717, 1.165) is 25.9 Å². The van der Waals surface area contributed by atoms with Crippen molar-refractivity contribution < 1.29 is 4.79 Å². The van der Waals surface area contributed by atoms with Gasteiger partial charge in [0.05, 0.1) is 11.1 Å². The average molecular weight is 321 g/mol. The number of hydrogen-bond donors (Lipinski definition) is 0. The molecule has 0 spiro atoms. The Hall–Kier alpha value is -1.00. The Morgan fingerprint density at radius 2 is 1.95 bits per heavy atom. The predicted molar refractivity (Wildman–Crippen MR) is 95.1 cm³/mol. The molecule has 1 aliphatic rings. The number of carbonyl (C=O) groups is 1. The molecule has 4 heteroatoms. The maximum Gasteiger partial charge on any atom is 0.233 e. The summed E-state index contributed by atoms with van der Waals surface area (Å²) in [5, 5.41) is 0.328. The van der Waals surface area contributed by atoms with Gasteiger partial charge in [-0.1, -0.05) is 44.2 Å². The van der Waals surface area contributed by atoms with E-state index in [-0.39, 0.29) is 5.41 Å². The van der Waals surface area contributed by atoms with Crippen LogP contribution in [-0.4, -0.2) is 54.0 Å². The lowest BCUT2D eigenvalue weighted by atomic mass is 9.92. The summed E-state index contributed by atoms with van der Waals surface area (Å²) in [5.41, 5.74) is 1.48. The molecule has 1 aromatic carbocycles. The Bertz CT molecular complexity index is 487. The number of thioether (sulfide) groups is 1. The normalized spacial score (nSPS) is 19.2. The van der Waals surface area contributed by atoms with Gasteiger partial charge in [-0.05, 0) is 37.9 Å². The summed E-state index contributed by atoms with van der Waals surface area (Å²) in [5.74, 6) is 0.937. The molecule has 2 rings (SSSR count). The minimum Gasteiger partial charge on any atom is -0.329 e. The third-order valence-electron chi connectivity index (χ3n) is 3.93. The quantitative estimate of drug-likeness (QED) is 0.771. The molecule has 0 saturated carbocycles. The zero-order valence-corrected chi connectivity index (χ0v) is 15.0. The zero-order chi connectivity index (χ0) is 16.2. The summed E-state index contributed by atoms with van der Waals surface area (Å²) < 4.78 is 0. The number of amides is 1. The third-order valence-corrected chi connectivity index (χ3v) is 5.22. The first kappa shape index (κ1) is 17.4. The molecule has 1 atom stereocenters. The molecular weight excluding hydrogens is 292 g/mol. The highest BCUT2D eigenvalue weighted by atomic mass is 32.2. The molecular formula is C18H28N2OS. The van der Waals surface area contributed by atoms with Gasteiger partial charge in [-0.15, -0.1) is 11.8 Å². The first-order chi connectivity index (χ1) is 10.4. The van der Waals surface area contributed by atoms with E-state index in [4.69, 9.17) is 0 Å². The number of aryl methyl sites for hydroxylation is 1. The maximum atomic E-state index is 12.3. The molecule has 0 radical (unpaired) electrons. The van der Waals surface area contributed by atoms with E-state index in [2.05, 4.69) is 62.0 Å². The van der Waals surface area contributed by atoms with Crippen molar-refractivity contribution in [3.05, 3.63) is 35.9 Å². The molecule has 1 aromatic rings. The zero-order valence-electron chi connectivity index (χ0n) is 14.2. The molecule has 0 aromatic heterocycles. The smallest absolute Gasteiger partial charge is 0.233 e. The topological polar surface area (TPSA) is 23.6 Å². The summed E-state index contributed by atoms with van der Waals surface area (Å²) in [7, 11) is 4.18. The molecule has 0 aliphatic carbocycles. The molecule has 1 fully saturated rings. The van der Waals surface area contributed by atoms with Gasteiger partial charge in [-0.3, -0.25) is 4.79 Å². The van der Waals surface area contributed by atoms with Crippen molar-refractivity contribution >= 4 is 17.7 Å². The van der Waals surface area contributed by atoms with Crippen molar-refractivity contribution in [1.82, 2.24) is 9.80 Å². The highest BCUT2D eigenvalue weighted by Gasteiger charge is 2.35. The molecule has 122 valence electrons. The Kier molecular flexibility index (Phi) is 5.93. The maximum absolute atomic E-state index is 12.3. The molecule has 3 nitrogen and oxygen atoms in total. The summed E-state index contributed by atoms with van der Waals surface area (Å²) >= 11 is 1.80. The van der Waals surface area contributed by atoms with Crippen LogP contribution in [0.4, 0.5) is 0 Å². The van der Waals surface area contributed by atoms with Crippen molar-refractivity contribution in [1.29, 1.82) is 0 Å². The van der Waals surface area contributed by atoms with Crippen molar-refractivity contribution in [2.75, 3.05) is 32.9 Å². The van der Waals surface area contributed by atoms with Gasteiger partial charge in [0.15, 0.2) is 0 Å². The lowest BCUT2D eigenvalue weighted by molar-refractivity contribution is -0.129. The fraction of sp³-hybridized carbons (Fsp3) is 0.611. The van der Waals surface area contributed by atoms with E-state index in [1.165, 1.54) is 5.56 Å². The summed E-state index contributed by atoms with van der Waals surface area (Å²) in [4.78, 5) is 16.6. The van der Waals surface area contributed by atoms with Crippen LogP contribution in [-0.2, 0) is 11.2 Å². The molecule has 1 aliphatic heterocycles.